The van der Waals surface area contributed by atoms with Crippen molar-refractivity contribution in [2.45, 2.75) is 70.1 Å². The molecule has 1 saturated heterocycles. The van der Waals surface area contributed by atoms with E-state index in [2.05, 4.69) is 12.2 Å². The first-order valence-corrected chi connectivity index (χ1v) is 9.79. The Morgan fingerprint density at radius 2 is 1.90 bits per heavy atom. The first-order valence-electron chi connectivity index (χ1n) is 8.28. The number of hydrogen-bond donors (Lipinski definition) is 1. The number of nitrogens with one attached hydrogen (secondary N) is 1. The van der Waals surface area contributed by atoms with Crippen molar-refractivity contribution in [1.29, 1.82) is 0 Å². The minimum absolute atomic E-state index is 0.288. The zero-order valence-electron chi connectivity index (χ0n) is 13.0. The molecule has 4 nitrogen and oxygen atoms in total. The van der Waals surface area contributed by atoms with Crippen molar-refractivity contribution in [3.8, 4) is 0 Å². The van der Waals surface area contributed by atoms with Crippen molar-refractivity contribution in [2.75, 3.05) is 19.6 Å². The maximum Gasteiger partial charge on any atom is 0.218 e. The van der Waals surface area contributed by atoms with E-state index in [9.17, 15) is 8.42 Å². The summed E-state index contributed by atoms with van der Waals surface area (Å²) in [6, 6.07) is 0.288. The molecular formula is C15H30N2O2S. The van der Waals surface area contributed by atoms with E-state index in [0.717, 1.165) is 32.4 Å². The van der Waals surface area contributed by atoms with Crippen LogP contribution in [0.15, 0.2) is 0 Å². The summed E-state index contributed by atoms with van der Waals surface area (Å²) in [5.74, 6) is 0.614. The maximum absolute atomic E-state index is 12.8. The van der Waals surface area contributed by atoms with Gasteiger partial charge in [0.2, 0.25) is 10.0 Å². The van der Waals surface area contributed by atoms with Crippen LogP contribution in [0.3, 0.4) is 0 Å². The first-order chi connectivity index (χ1) is 9.57. The Morgan fingerprint density at radius 3 is 2.65 bits per heavy atom. The topological polar surface area (TPSA) is 49.4 Å². The van der Waals surface area contributed by atoms with Gasteiger partial charge in [0, 0.05) is 19.1 Å². The van der Waals surface area contributed by atoms with Crippen LogP contribution in [-0.2, 0) is 10.0 Å². The zero-order chi connectivity index (χ0) is 14.6. The van der Waals surface area contributed by atoms with Gasteiger partial charge < -0.3 is 5.32 Å². The number of piperidine rings is 1. The van der Waals surface area contributed by atoms with E-state index in [1.165, 1.54) is 25.7 Å². The summed E-state index contributed by atoms with van der Waals surface area (Å²) < 4.78 is 27.5. The Hall–Kier alpha value is -0.130. The highest BCUT2D eigenvalue weighted by Crippen LogP contribution is 2.37. The fourth-order valence-electron chi connectivity index (χ4n) is 3.71. The lowest BCUT2D eigenvalue weighted by Gasteiger charge is -2.44. The predicted molar refractivity (Wildman–Crippen MR) is 83.2 cm³/mol. The maximum atomic E-state index is 12.8. The van der Waals surface area contributed by atoms with Crippen LogP contribution in [0.25, 0.3) is 0 Å². The molecule has 3 atom stereocenters. The van der Waals surface area contributed by atoms with Crippen molar-refractivity contribution < 1.29 is 8.42 Å². The van der Waals surface area contributed by atoms with Crippen LogP contribution >= 0.6 is 0 Å². The van der Waals surface area contributed by atoms with Crippen LogP contribution in [0.2, 0.25) is 0 Å². The van der Waals surface area contributed by atoms with Crippen LogP contribution in [0, 0.1) is 5.92 Å². The van der Waals surface area contributed by atoms with E-state index < -0.39 is 10.0 Å². The van der Waals surface area contributed by atoms with Crippen LogP contribution in [0.1, 0.15) is 58.8 Å². The minimum atomic E-state index is -3.14. The van der Waals surface area contributed by atoms with Crippen molar-refractivity contribution in [1.82, 2.24) is 9.62 Å². The highest BCUT2D eigenvalue weighted by atomic mass is 32.2. The summed E-state index contributed by atoms with van der Waals surface area (Å²) in [5.41, 5.74) is 0. The summed E-state index contributed by atoms with van der Waals surface area (Å²) >= 11 is 0. The highest BCUT2D eigenvalue weighted by Gasteiger charge is 2.41. The molecule has 20 heavy (non-hydrogen) atoms. The first kappa shape index (κ1) is 16.2. The number of rotatable bonds is 6. The molecule has 0 radical (unpaired) electrons. The molecule has 0 aromatic heterocycles. The standard InChI is InChI=1S/C15H30N2O2S/c1-3-10-16-12-13(2)20(18,19)17-11-6-8-14-7-4-5-9-15(14)17/h13-16H,3-12H2,1-2H3. The average Bonchev–Trinajstić information content (AvgIpc) is 2.46. The van der Waals surface area contributed by atoms with Crippen LogP contribution in [0.5, 0.6) is 0 Å². The minimum Gasteiger partial charge on any atom is -0.315 e. The van der Waals surface area contributed by atoms with E-state index in [0.29, 0.717) is 12.5 Å². The van der Waals surface area contributed by atoms with Gasteiger partial charge in [-0.25, -0.2) is 8.42 Å². The number of nitrogens with zero attached hydrogens (tertiary/aromatic N) is 1. The Bertz CT molecular complexity index is 395. The largest absolute Gasteiger partial charge is 0.315 e. The molecule has 0 aromatic carbocycles. The number of fused-ring (bicyclic) bond motifs is 1. The fraction of sp³-hybridized carbons (Fsp3) is 1.00. The van der Waals surface area contributed by atoms with Crippen molar-refractivity contribution in [2.24, 2.45) is 5.92 Å². The lowest BCUT2D eigenvalue weighted by Crippen LogP contribution is -2.53. The van der Waals surface area contributed by atoms with Gasteiger partial charge in [-0.3, -0.25) is 0 Å². The van der Waals surface area contributed by atoms with Crippen LogP contribution < -0.4 is 5.32 Å². The molecule has 2 aliphatic rings. The second kappa shape index (κ2) is 7.23. The molecule has 0 spiro atoms. The molecule has 1 aliphatic carbocycles. The fourth-order valence-corrected chi connectivity index (χ4v) is 5.54. The van der Waals surface area contributed by atoms with Gasteiger partial charge in [0.1, 0.15) is 0 Å². The molecule has 3 unspecified atom stereocenters. The molecular weight excluding hydrogens is 272 g/mol. The van der Waals surface area contributed by atoms with Crippen molar-refractivity contribution in [3.63, 3.8) is 0 Å². The molecule has 0 aromatic rings. The van der Waals surface area contributed by atoms with Crippen LogP contribution in [-0.4, -0.2) is 43.6 Å². The van der Waals surface area contributed by atoms with Crippen molar-refractivity contribution >= 4 is 10.0 Å². The van der Waals surface area contributed by atoms with Gasteiger partial charge in [-0.05, 0) is 51.5 Å². The Kier molecular flexibility index (Phi) is 5.87. The quantitative estimate of drug-likeness (QED) is 0.766. The number of sulfonamides is 1. The third kappa shape index (κ3) is 3.55. The SMILES string of the molecule is CCCNCC(C)S(=O)(=O)N1CCCC2CCCCC21. The van der Waals surface area contributed by atoms with Gasteiger partial charge in [0.15, 0.2) is 0 Å². The normalized spacial score (nSPS) is 29.9. The molecule has 2 fully saturated rings. The molecule has 118 valence electrons. The molecule has 2 rings (SSSR count). The summed E-state index contributed by atoms with van der Waals surface area (Å²) in [6.07, 6.45) is 8.06. The second-order valence-electron chi connectivity index (χ2n) is 6.42. The average molecular weight is 302 g/mol. The predicted octanol–water partition coefficient (Wildman–Crippen LogP) is 2.36. The van der Waals surface area contributed by atoms with Gasteiger partial charge in [-0.15, -0.1) is 0 Å². The van der Waals surface area contributed by atoms with E-state index in [1.54, 1.807) is 0 Å². The lowest BCUT2D eigenvalue weighted by molar-refractivity contribution is 0.128. The van der Waals surface area contributed by atoms with Gasteiger partial charge in [0.05, 0.1) is 5.25 Å². The summed E-state index contributed by atoms with van der Waals surface area (Å²) in [5, 5.41) is 2.94. The Morgan fingerprint density at radius 1 is 1.20 bits per heavy atom. The van der Waals surface area contributed by atoms with Gasteiger partial charge in [0.25, 0.3) is 0 Å². The molecule has 1 heterocycles. The summed E-state index contributed by atoms with van der Waals surface area (Å²) in [6.45, 7) is 6.16. The monoisotopic (exact) mass is 302 g/mol. The molecule has 1 aliphatic heterocycles. The third-order valence-electron chi connectivity index (χ3n) is 4.89. The second-order valence-corrected chi connectivity index (χ2v) is 8.73. The summed E-state index contributed by atoms with van der Waals surface area (Å²) in [7, 11) is -3.14. The van der Waals surface area contributed by atoms with E-state index in [4.69, 9.17) is 0 Å². The van der Waals surface area contributed by atoms with E-state index in [1.807, 2.05) is 11.2 Å². The van der Waals surface area contributed by atoms with Crippen LogP contribution in [0.4, 0.5) is 0 Å². The molecule has 0 amide bonds. The smallest absolute Gasteiger partial charge is 0.218 e. The van der Waals surface area contributed by atoms with Gasteiger partial charge >= 0.3 is 0 Å². The molecule has 5 heteroatoms. The Labute approximate surface area is 124 Å². The summed E-state index contributed by atoms with van der Waals surface area (Å²) in [4.78, 5) is 0. The Balaban J connectivity index is 2.03. The molecule has 1 saturated carbocycles. The lowest BCUT2D eigenvalue weighted by atomic mass is 9.79. The zero-order valence-corrected chi connectivity index (χ0v) is 13.8. The number of hydrogen-bond acceptors (Lipinski definition) is 3. The van der Waals surface area contributed by atoms with Crippen molar-refractivity contribution in [3.05, 3.63) is 0 Å². The van der Waals surface area contributed by atoms with E-state index in [-0.39, 0.29) is 11.3 Å². The highest BCUT2D eigenvalue weighted by molar-refractivity contribution is 7.89. The molecule has 1 N–H and O–H groups in total. The van der Waals surface area contributed by atoms with Gasteiger partial charge in [-0.1, -0.05) is 19.8 Å². The van der Waals surface area contributed by atoms with Gasteiger partial charge in [-0.2, -0.15) is 4.31 Å². The molecule has 0 bridgehead atoms. The van der Waals surface area contributed by atoms with E-state index >= 15 is 0 Å². The third-order valence-corrected chi connectivity index (χ3v) is 7.18.